The molecule has 10 heteroatoms. The van der Waals surface area contributed by atoms with Gasteiger partial charge in [0.1, 0.15) is 12.6 Å². The van der Waals surface area contributed by atoms with E-state index in [-0.39, 0.29) is 36.7 Å². The monoisotopic (exact) mass is 512 g/mol. The number of nitrogens with zero attached hydrogens (tertiary/aromatic N) is 1. The predicted octanol–water partition coefficient (Wildman–Crippen LogP) is 3.39. The molecule has 3 rings (SSSR count). The first-order chi connectivity index (χ1) is 15.5. The van der Waals surface area contributed by atoms with Crippen molar-refractivity contribution in [1.82, 2.24) is 10.2 Å². The second-order valence-electron chi connectivity index (χ2n) is 7.50. The largest absolute Gasteiger partial charge is 0.480 e. The average molecular weight is 513 g/mol. The lowest BCUT2D eigenvalue weighted by molar-refractivity contribution is -0.148. The topological polar surface area (TPSA) is 95.9 Å². The fourth-order valence-corrected chi connectivity index (χ4v) is 5.89. The van der Waals surface area contributed by atoms with Gasteiger partial charge in [0.15, 0.2) is 0 Å². The standard InChI is InChI=1S/C23H28N2O5S2.ClH/c1-2-30-23(29)17(11-10-16-7-4-3-5-8-16)24-18-15-32-20(19-9-6-12-31-19)13-25(22(18)28)14-21(26)27;/h3-9,12,17-18,20,24H,2,10-11,13-15H2,1H3,(H,26,27);1H/t17-,18-,20-;/m1./s1. The van der Waals surface area contributed by atoms with E-state index in [4.69, 9.17) is 4.74 Å². The summed E-state index contributed by atoms with van der Waals surface area (Å²) >= 11 is 3.20. The summed E-state index contributed by atoms with van der Waals surface area (Å²) in [7, 11) is 0. The zero-order valence-electron chi connectivity index (χ0n) is 18.3. The molecule has 1 amide bonds. The van der Waals surface area contributed by atoms with Gasteiger partial charge in [0.25, 0.3) is 0 Å². The average Bonchev–Trinajstić information content (AvgIpc) is 3.27. The number of aryl methyl sites for hydroxylation is 1. The molecule has 2 N–H and O–H groups in total. The zero-order chi connectivity index (χ0) is 22.9. The summed E-state index contributed by atoms with van der Waals surface area (Å²) in [6.07, 6.45) is 1.13. The molecule has 3 atom stereocenters. The number of nitrogens with one attached hydrogen (secondary N) is 1. The number of thioether (sulfide) groups is 1. The SMILES string of the molecule is CCOC(=O)[C@@H](CCc1ccccc1)N[C@@H]1CS[C@@H](c2cccs2)CN(CC(=O)O)C1=O.Cl. The third-order valence-corrected chi connectivity index (χ3v) is 7.65. The van der Waals surface area contributed by atoms with Gasteiger partial charge in [-0.05, 0) is 36.8 Å². The summed E-state index contributed by atoms with van der Waals surface area (Å²) in [5.41, 5.74) is 1.09. The second-order valence-corrected chi connectivity index (χ2v) is 9.71. The van der Waals surface area contributed by atoms with E-state index < -0.39 is 24.0 Å². The number of ether oxygens (including phenoxy) is 1. The number of hydrogen-bond donors (Lipinski definition) is 2. The summed E-state index contributed by atoms with van der Waals surface area (Å²) in [4.78, 5) is 39.7. The Labute approximate surface area is 208 Å². The van der Waals surface area contributed by atoms with Crippen molar-refractivity contribution in [3.05, 3.63) is 58.3 Å². The molecule has 1 aromatic heterocycles. The lowest BCUT2D eigenvalue weighted by Crippen LogP contribution is -2.53. The maximum absolute atomic E-state index is 13.2. The Kier molecular flexibility index (Phi) is 11.2. The second kappa shape index (κ2) is 13.6. The molecule has 0 unspecified atom stereocenters. The van der Waals surface area contributed by atoms with Gasteiger partial charge in [-0.1, -0.05) is 36.4 Å². The van der Waals surface area contributed by atoms with Gasteiger partial charge in [0.2, 0.25) is 5.91 Å². The summed E-state index contributed by atoms with van der Waals surface area (Å²) in [6, 6.07) is 12.4. The van der Waals surface area contributed by atoms with Gasteiger partial charge < -0.3 is 14.7 Å². The number of hydrogen-bond acceptors (Lipinski definition) is 7. The molecular formula is C23H29ClN2O5S2. The molecule has 0 spiro atoms. The quantitative estimate of drug-likeness (QED) is 0.471. The zero-order valence-corrected chi connectivity index (χ0v) is 20.8. The summed E-state index contributed by atoms with van der Waals surface area (Å²) in [5, 5.41) is 14.5. The number of amides is 1. The van der Waals surface area contributed by atoms with Gasteiger partial charge in [-0.2, -0.15) is 0 Å². The van der Waals surface area contributed by atoms with Gasteiger partial charge in [0.05, 0.1) is 17.9 Å². The minimum absolute atomic E-state index is 0. The first-order valence-corrected chi connectivity index (χ1v) is 12.5. The molecule has 1 fully saturated rings. The number of benzene rings is 1. The van der Waals surface area contributed by atoms with Crippen LogP contribution >= 0.6 is 35.5 Å². The Bertz CT molecular complexity index is 898. The summed E-state index contributed by atoms with van der Waals surface area (Å²) < 4.78 is 5.25. The molecule has 180 valence electrons. The Morgan fingerprint density at radius 2 is 2.00 bits per heavy atom. The molecule has 33 heavy (non-hydrogen) atoms. The molecule has 0 bridgehead atoms. The molecule has 0 saturated carbocycles. The van der Waals surface area contributed by atoms with Crippen LogP contribution < -0.4 is 5.32 Å². The summed E-state index contributed by atoms with van der Waals surface area (Å²) in [6.45, 7) is 1.95. The van der Waals surface area contributed by atoms with Crippen molar-refractivity contribution in [2.24, 2.45) is 0 Å². The number of halogens is 1. The van der Waals surface area contributed by atoms with Gasteiger partial charge >= 0.3 is 11.9 Å². The predicted molar refractivity (Wildman–Crippen MR) is 133 cm³/mol. The van der Waals surface area contributed by atoms with Crippen LogP contribution in [-0.4, -0.2) is 65.4 Å². The van der Waals surface area contributed by atoms with E-state index in [1.807, 2.05) is 47.8 Å². The van der Waals surface area contributed by atoms with E-state index in [0.29, 0.717) is 25.1 Å². The van der Waals surface area contributed by atoms with E-state index in [2.05, 4.69) is 5.32 Å². The fraction of sp³-hybridized carbons (Fsp3) is 0.435. The van der Waals surface area contributed by atoms with Gasteiger partial charge in [-0.15, -0.1) is 35.5 Å². The van der Waals surface area contributed by atoms with Crippen LogP contribution in [0.1, 0.15) is 29.0 Å². The maximum Gasteiger partial charge on any atom is 0.323 e. The van der Waals surface area contributed by atoms with Crippen molar-refractivity contribution >= 4 is 53.4 Å². The highest BCUT2D eigenvalue weighted by molar-refractivity contribution is 7.99. The number of esters is 1. The van der Waals surface area contributed by atoms with Gasteiger partial charge in [0, 0.05) is 17.2 Å². The number of carbonyl (C=O) groups is 3. The van der Waals surface area contributed by atoms with Gasteiger partial charge in [-0.3, -0.25) is 19.7 Å². The third kappa shape index (κ3) is 8.03. The fourth-order valence-electron chi connectivity index (χ4n) is 3.63. The van der Waals surface area contributed by atoms with Crippen molar-refractivity contribution in [3.8, 4) is 0 Å². The first-order valence-electron chi connectivity index (χ1n) is 10.6. The Hall–Kier alpha value is -2.07. The van der Waals surface area contributed by atoms with Crippen LogP contribution in [-0.2, 0) is 25.5 Å². The Balaban J connectivity index is 0.00000385. The van der Waals surface area contributed by atoms with Crippen LogP contribution in [0.2, 0.25) is 0 Å². The third-order valence-electron chi connectivity index (χ3n) is 5.18. The maximum atomic E-state index is 13.2. The Morgan fingerprint density at radius 3 is 2.64 bits per heavy atom. The Morgan fingerprint density at radius 1 is 1.24 bits per heavy atom. The molecule has 1 aliphatic rings. The minimum Gasteiger partial charge on any atom is -0.480 e. The van der Waals surface area contributed by atoms with Crippen molar-refractivity contribution < 1.29 is 24.2 Å². The molecule has 7 nitrogen and oxygen atoms in total. The van der Waals surface area contributed by atoms with Crippen LogP contribution in [0.4, 0.5) is 0 Å². The van der Waals surface area contributed by atoms with Crippen LogP contribution in [0.15, 0.2) is 47.8 Å². The van der Waals surface area contributed by atoms with Crippen LogP contribution in [0, 0.1) is 0 Å². The first kappa shape index (κ1) is 27.2. The van der Waals surface area contributed by atoms with Gasteiger partial charge in [-0.25, -0.2) is 0 Å². The minimum atomic E-state index is -1.06. The van der Waals surface area contributed by atoms with E-state index in [0.717, 1.165) is 10.4 Å². The van der Waals surface area contributed by atoms with E-state index in [1.54, 1.807) is 30.0 Å². The van der Waals surface area contributed by atoms with Crippen molar-refractivity contribution in [2.75, 3.05) is 25.4 Å². The van der Waals surface area contributed by atoms with Crippen molar-refractivity contribution in [3.63, 3.8) is 0 Å². The molecule has 1 aromatic carbocycles. The lowest BCUT2D eigenvalue weighted by atomic mass is 10.0. The number of aliphatic carboxylic acids is 1. The van der Waals surface area contributed by atoms with E-state index in [9.17, 15) is 19.5 Å². The smallest absolute Gasteiger partial charge is 0.323 e. The normalized spacial score (nSPS) is 19.3. The number of thiophene rings is 1. The van der Waals surface area contributed by atoms with Crippen LogP contribution in [0.25, 0.3) is 0 Å². The highest BCUT2D eigenvalue weighted by atomic mass is 35.5. The molecule has 1 saturated heterocycles. The molecule has 0 radical (unpaired) electrons. The summed E-state index contributed by atoms with van der Waals surface area (Å²) in [5.74, 6) is -1.31. The highest BCUT2D eigenvalue weighted by Crippen LogP contribution is 2.35. The number of rotatable bonds is 10. The highest BCUT2D eigenvalue weighted by Gasteiger charge is 2.36. The molecule has 1 aliphatic heterocycles. The molecular weight excluding hydrogens is 484 g/mol. The molecule has 2 aromatic rings. The number of carboxylic acid groups (broad SMARTS) is 1. The van der Waals surface area contributed by atoms with Crippen molar-refractivity contribution in [1.29, 1.82) is 0 Å². The van der Waals surface area contributed by atoms with Crippen molar-refractivity contribution in [2.45, 2.75) is 37.1 Å². The molecule has 0 aliphatic carbocycles. The van der Waals surface area contributed by atoms with E-state index >= 15 is 0 Å². The molecule has 2 heterocycles. The van der Waals surface area contributed by atoms with Crippen LogP contribution in [0.5, 0.6) is 0 Å². The lowest BCUT2D eigenvalue weighted by Gasteiger charge is -2.26. The number of carboxylic acids is 1. The van der Waals surface area contributed by atoms with E-state index in [1.165, 1.54) is 4.90 Å². The van der Waals surface area contributed by atoms with Crippen LogP contribution in [0.3, 0.4) is 0 Å². The number of carbonyl (C=O) groups excluding carboxylic acids is 2.